The normalized spacial score (nSPS) is 56.0. The summed E-state index contributed by atoms with van der Waals surface area (Å²) < 4.78 is 6.90. The Balaban J connectivity index is 1.60. The number of hydrogen-bond donors (Lipinski definition) is 0. The number of Topliss-reactive ketones (excluding diaryl/α,β-unsaturated/α-hetero) is 1. The van der Waals surface area contributed by atoms with Gasteiger partial charge in [0.15, 0.2) is 0 Å². The molecule has 1 saturated heterocycles. The van der Waals surface area contributed by atoms with Crippen molar-refractivity contribution in [1.29, 1.82) is 0 Å². The summed E-state index contributed by atoms with van der Waals surface area (Å²) in [6, 6.07) is 5.30. The fourth-order valence-electron chi connectivity index (χ4n) is 9.34. The van der Waals surface area contributed by atoms with Gasteiger partial charge in [-0.1, -0.05) is 19.1 Å². The molecule has 0 amide bonds. The molecule has 5 fully saturated rings. The number of likely N-dealkylation sites (tertiary alicyclic amines) is 1. The van der Waals surface area contributed by atoms with Gasteiger partial charge in [-0.15, -0.1) is 0 Å². The molecule has 4 saturated carbocycles. The molecular weight excluding hydrogens is 322 g/mol. The van der Waals surface area contributed by atoms with E-state index in [4.69, 9.17) is 4.74 Å². The predicted octanol–water partition coefficient (Wildman–Crippen LogP) is 3.40. The molecule has 3 nitrogen and oxygen atoms in total. The molecule has 5 aliphatic carbocycles. The van der Waals surface area contributed by atoms with Crippen LogP contribution in [0, 0.1) is 23.7 Å². The molecule has 1 aromatic rings. The third kappa shape index (κ3) is 1.07. The molecule has 4 bridgehead atoms. The molecule has 2 aliphatic heterocycles. The van der Waals surface area contributed by atoms with Crippen LogP contribution in [0.5, 0.6) is 5.75 Å². The third-order valence-corrected chi connectivity index (χ3v) is 10.2. The van der Waals surface area contributed by atoms with Crippen molar-refractivity contribution in [2.45, 2.75) is 76.0 Å². The number of ketones is 1. The van der Waals surface area contributed by atoms with Gasteiger partial charge in [0, 0.05) is 39.3 Å². The molecule has 7 aliphatic rings. The number of nitrogens with zero attached hydrogens (tertiary/aromatic N) is 1. The van der Waals surface area contributed by atoms with Crippen LogP contribution in [0.25, 0.3) is 0 Å². The second-order valence-corrected chi connectivity index (χ2v) is 10.7. The van der Waals surface area contributed by atoms with Crippen LogP contribution in [0.2, 0.25) is 0 Å². The Morgan fingerprint density at radius 2 is 2.12 bits per heavy atom. The van der Waals surface area contributed by atoms with Crippen molar-refractivity contribution in [3.05, 3.63) is 28.8 Å². The van der Waals surface area contributed by atoms with E-state index >= 15 is 0 Å². The zero-order valence-electron chi connectivity index (χ0n) is 16.2. The number of piperidine rings is 1. The second kappa shape index (κ2) is 3.65. The molecule has 3 heteroatoms. The Bertz CT molecular complexity index is 938. The van der Waals surface area contributed by atoms with Gasteiger partial charge >= 0.3 is 0 Å². The largest absolute Gasteiger partial charge is 0.488 e. The first-order valence-electron chi connectivity index (χ1n) is 10.3. The van der Waals surface area contributed by atoms with Gasteiger partial charge in [0.1, 0.15) is 17.6 Å². The highest BCUT2D eigenvalue weighted by Crippen LogP contribution is 2.85. The number of fused-ring (bicyclic) bond motifs is 2. The van der Waals surface area contributed by atoms with Crippen LogP contribution in [0.15, 0.2) is 12.1 Å². The molecule has 8 atom stereocenters. The molecule has 26 heavy (non-hydrogen) atoms. The van der Waals surface area contributed by atoms with Gasteiger partial charge in [0.2, 0.25) is 0 Å². The fourth-order valence-corrected chi connectivity index (χ4v) is 9.34. The highest BCUT2D eigenvalue weighted by atomic mass is 16.5. The summed E-state index contributed by atoms with van der Waals surface area (Å²) in [5.74, 6) is 1.74. The van der Waals surface area contributed by atoms with Crippen LogP contribution in [0.1, 0.15) is 56.2 Å². The van der Waals surface area contributed by atoms with Gasteiger partial charge in [-0.25, -0.2) is 0 Å². The number of carbonyl (C=O) groups excluding carboxylic acids is 1. The SMILES string of the molecule is CC(=O)C1CC23CCC1(C)C1Oc4c(C)ccc5c4[C@@]12CC1(C5)[C@H]3N1C. The number of ether oxygens (including phenoxy) is 1. The Morgan fingerprint density at radius 3 is 2.88 bits per heavy atom. The molecule has 1 aromatic carbocycles. The van der Waals surface area contributed by atoms with Gasteiger partial charge in [0.25, 0.3) is 0 Å². The van der Waals surface area contributed by atoms with Crippen LogP contribution in [0.4, 0.5) is 0 Å². The number of hydrogen-bond acceptors (Lipinski definition) is 3. The van der Waals surface area contributed by atoms with Crippen molar-refractivity contribution in [1.82, 2.24) is 4.90 Å². The first kappa shape index (κ1) is 14.7. The molecule has 8 rings (SSSR count). The lowest BCUT2D eigenvalue weighted by atomic mass is 9.37. The number of likely N-dealkylation sites (N-methyl/N-ethyl adjacent to an activating group) is 1. The number of benzene rings is 1. The number of rotatable bonds is 1. The van der Waals surface area contributed by atoms with Crippen molar-refractivity contribution in [3.63, 3.8) is 0 Å². The zero-order valence-corrected chi connectivity index (χ0v) is 16.2. The molecule has 3 spiro atoms. The van der Waals surface area contributed by atoms with Gasteiger partial charge in [-0.2, -0.15) is 0 Å². The van der Waals surface area contributed by atoms with E-state index in [1.165, 1.54) is 30.6 Å². The van der Waals surface area contributed by atoms with E-state index in [9.17, 15) is 4.79 Å². The molecule has 0 radical (unpaired) electrons. The third-order valence-electron chi connectivity index (χ3n) is 10.2. The Kier molecular flexibility index (Phi) is 2.06. The Labute approximate surface area is 155 Å². The van der Waals surface area contributed by atoms with Crippen molar-refractivity contribution >= 4 is 5.78 Å². The summed E-state index contributed by atoms with van der Waals surface area (Å²) in [7, 11) is 2.34. The monoisotopic (exact) mass is 349 g/mol. The van der Waals surface area contributed by atoms with Gasteiger partial charge < -0.3 is 4.74 Å². The van der Waals surface area contributed by atoms with E-state index in [0.29, 0.717) is 17.4 Å². The quantitative estimate of drug-likeness (QED) is 0.728. The van der Waals surface area contributed by atoms with Crippen molar-refractivity contribution in [2.75, 3.05) is 7.05 Å². The van der Waals surface area contributed by atoms with E-state index < -0.39 is 0 Å². The molecule has 2 heterocycles. The van der Waals surface area contributed by atoms with Crippen LogP contribution in [0.3, 0.4) is 0 Å². The fraction of sp³-hybridized carbons (Fsp3) is 0.696. The minimum Gasteiger partial charge on any atom is -0.488 e. The summed E-state index contributed by atoms with van der Waals surface area (Å²) in [5, 5.41) is 0. The molecule has 0 aromatic heterocycles. The summed E-state index contributed by atoms with van der Waals surface area (Å²) in [4.78, 5) is 15.4. The molecule has 136 valence electrons. The van der Waals surface area contributed by atoms with Crippen LogP contribution in [-0.4, -0.2) is 35.4 Å². The van der Waals surface area contributed by atoms with E-state index in [1.54, 1.807) is 11.1 Å². The van der Waals surface area contributed by atoms with E-state index in [2.05, 4.69) is 37.9 Å². The summed E-state index contributed by atoms with van der Waals surface area (Å²) in [6.07, 6.45) is 6.14. The van der Waals surface area contributed by atoms with Gasteiger partial charge in [-0.3, -0.25) is 9.69 Å². The van der Waals surface area contributed by atoms with E-state index in [0.717, 1.165) is 12.8 Å². The van der Waals surface area contributed by atoms with Crippen molar-refractivity contribution in [3.8, 4) is 5.75 Å². The van der Waals surface area contributed by atoms with Crippen molar-refractivity contribution in [2.24, 2.45) is 16.7 Å². The average Bonchev–Trinajstić information content (AvgIpc) is 2.92. The van der Waals surface area contributed by atoms with Crippen molar-refractivity contribution < 1.29 is 9.53 Å². The van der Waals surface area contributed by atoms with Gasteiger partial charge in [0.05, 0.1) is 0 Å². The maximum absolute atomic E-state index is 12.7. The van der Waals surface area contributed by atoms with Crippen LogP contribution < -0.4 is 4.74 Å². The number of aryl methyl sites for hydroxylation is 1. The van der Waals surface area contributed by atoms with E-state index in [-0.39, 0.29) is 28.3 Å². The lowest BCUT2D eigenvalue weighted by Gasteiger charge is -2.66. The minimum absolute atomic E-state index is 0.00973. The second-order valence-electron chi connectivity index (χ2n) is 10.7. The highest BCUT2D eigenvalue weighted by molar-refractivity contribution is 5.81. The Hall–Kier alpha value is -1.35. The summed E-state index contributed by atoms with van der Waals surface area (Å²) >= 11 is 0. The molecular formula is C23H27NO2. The predicted molar refractivity (Wildman–Crippen MR) is 98.4 cm³/mol. The highest BCUT2D eigenvalue weighted by Gasteiger charge is 2.90. The first-order valence-corrected chi connectivity index (χ1v) is 10.3. The standard InChI is InChI=1S/C23H27NO2/c1-12-5-6-14-9-22-11-23-16(14)17(12)26-19(23)20(3)7-8-21(23,18(22)24(22)4)10-15(20)13(2)25/h5-6,15,18-19H,7-11H2,1-4H3/t15?,18-,19?,20?,21?,22?,23-,24?/m0/s1. The molecule has 6 unspecified atom stereocenters. The average molecular weight is 349 g/mol. The lowest BCUT2D eigenvalue weighted by Crippen LogP contribution is -2.70. The lowest BCUT2D eigenvalue weighted by molar-refractivity contribution is -0.187. The smallest absolute Gasteiger partial charge is 0.133 e. The summed E-state index contributed by atoms with van der Waals surface area (Å²) in [6.45, 7) is 6.40. The summed E-state index contributed by atoms with van der Waals surface area (Å²) in [5.41, 5.74) is 5.13. The number of carbonyl (C=O) groups is 1. The van der Waals surface area contributed by atoms with Crippen LogP contribution >= 0.6 is 0 Å². The zero-order chi connectivity index (χ0) is 17.9. The van der Waals surface area contributed by atoms with E-state index in [1.807, 2.05) is 6.92 Å². The Morgan fingerprint density at radius 1 is 1.31 bits per heavy atom. The van der Waals surface area contributed by atoms with Crippen LogP contribution in [-0.2, 0) is 16.6 Å². The first-order chi connectivity index (χ1) is 12.3. The topological polar surface area (TPSA) is 29.3 Å². The molecule has 0 N–H and O–H groups in total. The minimum atomic E-state index is -0.00973. The van der Waals surface area contributed by atoms with Gasteiger partial charge in [-0.05, 0) is 64.1 Å². The maximum atomic E-state index is 12.7. The maximum Gasteiger partial charge on any atom is 0.133 e.